The number of amides is 2. The van der Waals surface area contributed by atoms with Gasteiger partial charge in [-0.15, -0.1) is 0 Å². The van der Waals surface area contributed by atoms with Gasteiger partial charge in [-0.2, -0.15) is 0 Å². The van der Waals surface area contributed by atoms with Crippen LogP contribution in [0.25, 0.3) is 0 Å². The molecular weight excluding hydrogens is 479 g/mol. The predicted molar refractivity (Wildman–Crippen MR) is 140 cm³/mol. The van der Waals surface area contributed by atoms with Crippen LogP contribution < -0.4 is 5.32 Å². The molecule has 1 N–H and O–H groups in total. The standard InChI is InChI=1S/C29H32ClFN2O3/c1-21(2)36-18-6-17-32-29(35)28(24-7-4-3-5-8-24)33(20-23-11-15-26(31)16-12-23)27(34)19-22-9-13-25(30)14-10-22/h3-5,7-16,21,28H,6,17-20H2,1-2H3,(H,32,35)/t28-/m1/s1. The molecule has 0 fully saturated rings. The summed E-state index contributed by atoms with van der Waals surface area (Å²) in [6.45, 7) is 5.02. The summed E-state index contributed by atoms with van der Waals surface area (Å²) in [5.41, 5.74) is 2.20. The Morgan fingerprint density at radius 3 is 2.22 bits per heavy atom. The van der Waals surface area contributed by atoms with Crippen molar-refractivity contribution >= 4 is 23.4 Å². The molecule has 3 aromatic rings. The molecule has 0 spiro atoms. The van der Waals surface area contributed by atoms with E-state index in [-0.39, 0.29) is 36.7 Å². The first-order valence-corrected chi connectivity index (χ1v) is 12.4. The van der Waals surface area contributed by atoms with Gasteiger partial charge >= 0.3 is 0 Å². The molecule has 0 bridgehead atoms. The van der Waals surface area contributed by atoms with Crippen molar-refractivity contribution in [2.24, 2.45) is 0 Å². The smallest absolute Gasteiger partial charge is 0.247 e. The molecule has 2 amide bonds. The Labute approximate surface area is 217 Å². The highest BCUT2D eigenvalue weighted by Gasteiger charge is 2.31. The monoisotopic (exact) mass is 510 g/mol. The molecule has 36 heavy (non-hydrogen) atoms. The van der Waals surface area contributed by atoms with Crippen molar-refractivity contribution in [2.45, 2.75) is 45.4 Å². The summed E-state index contributed by atoms with van der Waals surface area (Å²) in [6.07, 6.45) is 0.869. The molecule has 0 heterocycles. The van der Waals surface area contributed by atoms with Crippen molar-refractivity contribution in [3.05, 3.63) is 106 Å². The highest BCUT2D eigenvalue weighted by molar-refractivity contribution is 6.30. The van der Waals surface area contributed by atoms with Crippen LogP contribution in [0.4, 0.5) is 4.39 Å². The van der Waals surface area contributed by atoms with Crippen LogP contribution in [0.2, 0.25) is 5.02 Å². The van der Waals surface area contributed by atoms with Gasteiger partial charge in [0, 0.05) is 24.7 Å². The van der Waals surface area contributed by atoms with Gasteiger partial charge in [0.25, 0.3) is 0 Å². The number of carbonyl (C=O) groups is 2. The topological polar surface area (TPSA) is 58.6 Å². The third-order valence-corrected chi connectivity index (χ3v) is 5.85. The lowest BCUT2D eigenvalue weighted by Gasteiger charge is -2.32. The third kappa shape index (κ3) is 8.47. The Morgan fingerprint density at radius 1 is 0.944 bits per heavy atom. The van der Waals surface area contributed by atoms with Crippen molar-refractivity contribution in [3.8, 4) is 0 Å². The number of nitrogens with one attached hydrogen (secondary N) is 1. The van der Waals surface area contributed by atoms with Gasteiger partial charge in [0.15, 0.2) is 0 Å². The maximum Gasteiger partial charge on any atom is 0.247 e. The molecule has 190 valence electrons. The number of rotatable bonds is 12. The lowest BCUT2D eigenvalue weighted by atomic mass is 10.0. The minimum Gasteiger partial charge on any atom is -0.379 e. The summed E-state index contributed by atoms with van der Waals surface area (Å²) in [7, 11) is 0. The summed E-state index contributed by atoms with van der Waals surface area (Å²) in [5.74, 6) is -0.870. The van der Waals surface area contributed by atoms with Crippen LogP contribution in [0.15, 0.2) is 78.9 Å². The number of halogens is 2. The van der Waals surface area contributed by atoms with Crippen LogP contribution in [0.1, 0.15) is 43.0 Å². The molecule has 0 aromatic heterocycles. The van der Waals surface area contributed by atoms with Crippen molar-refractivity contribution in [2.75, 3.05) is 13.2 Å². The molecular formula is C29H32ClFN2O3. The average Bonchev–Trinajstić information content (AvgIpc) is 2.86. The second kappa shape index (κ2) is 13.8. The molecule has 7 heteroatoms. The van der Waals surface area contributed by atoms with Gasteiger partial charge in [0.1, 0.15) is 11.9 Å². The summed E-state index contributed by atoms with van der Waals surface area (Å²) < 4.78 is 19.1. The Morgan fingerprint density at radius 2 is 1.58 bits per heavy atom. The maximum absolute atomic E-state index is 13.7. The molecule has 3 aromatic carbocycles. The summed E-state index contributed by atoms with van der Waals surface area (Å²) in [6, 6.07) is 21.4. The first kappa shape index (κ1) is 27.4. The van der Waals surface area contributed by atoms with Gasteiger partial charge in [0.2, 0.25) is 11.8 Å². The summed E-state index contributed by atoms with van der Waals surface area (Å²) >= 11 is 6.00. The van der Waals surface area contributed by atoms with Crippen LogP contribution in [0, 0.1) is 5.82 Å². The summed E-state index contributed by atoms with van der Waals surface area (Å²) in [5, 5.41) is 3.55. The maximum atomic E-state index is 13.7. The quantitative estimate of drug-likeness (QED) is 0.317. The van der Waals surface area contributed by atoms with Gasteiger partial charge in [-0.25, -0.2) is 4.39 Å². The van der Waals surface area contributed by atoms with E-state index < -0.39 is 6.04 Å². The largest absolute Gasteiger partial charge is 0.379 e. The SMILES string of the molecule is CC(C)OCCCNC(=O)[C@@H](c1ccccc1)N(Cc1ccc(F)cc1)C(=O)Cc1ccc(Cl)cc1. The second-order valence-electron chi connectivity index (χ2n) is 8.83. The van der Waals surface area contributed by atoms with Crippen molar-refractivity contribution in [1.29, 1.82) is 0 Å². The van der Waals surface area contributed by atoms with Crippen LogP contribution in [-0.4, -0.2) is 36.0 Å². The lowest BCUT2D eigenvalue weighted by Crippen LogP contribution is -2.44. The normalized spacial score (nSPS) is 11.8. The number of nitrogens with zero attached hydrogens (tertiary/aromatic N) is 1. The van der Waals surface area contributed by atoms with Gasteiger partial charge in [-0.3, -0.25) is 9.59 Å². The molecule has 0 saturated heterocycles. The van der Waals surface area contributed by atoms with Crippen LogP contribution in [-0.2, 0) is 27.3 Å². The molecule has 0 saturated carbocycles. The van der Waals surface area contributed by atoms with E-state index in [9.17, 15) is 14.0 Å². The van der Waals surface area contributed by atoms with E-state index in [0.717, 1.165) is 11.1 Å². The lowest BCUT2D eigenvalue weighted by molar-refractivity contribution is -0.141. The molecule has 0 aliphatic heterocycles. The van der Waals surface area contributed by atoms with Crippen molar-refractivity contribution < 1.29 is 18.7 Å². The molecule has 0 unspecified atom stereocenters. The Bertz CT molecular complexity index is 1110. The van der Waals surface area contributed by atoms with E-state index in [1.807, 2.05) is 44.2 Å². The fourth-order valence-electron chi connectivity index (χ4n) is 3.80. The zero-order valence-electron chi connectivity index (χ0n) is 20.6. The molecule has 0 aliphatic carbocycles. The number of carbonyl (C=O) groups excluding carboxylic acids is 2. The number of hydrogen-bond donors (Lipinski definition) is 1. The van der Waals surface area contributed by atoms with Crippen molar-refractivity contribution in [3.63, 3.8) is 0 Å². The fraction of sp³-hybridized carbons (Fsp3) is 0.310. The highest BCUT2D eigenvalue weighted by Crippen LogP contribution is 2.25. The first-order valence-electron chi connectivity index (χ1n) is 12.1. The average molecular weight is 511 g/mol. The van der Waals surface area contributed by atoms with Gasteiger partial charge < -0.3 is 15.0 Å². The molecule has 1 atom stereocenters. The fourth-order valence-corrected chi connectivity index (χ4v) is 3.92. The van der Waals surface area contributed by atoms with E-state index in [0.29, 0.717) is 30.2 Å². The third-order valence-electron chi connectivity index (χ3n) is 5.60. The Balaban J connectivity index is 1.88. The minimum absolute atomic E-state index is 0.0944. The van der Waals surface area contributed by atoms with Crippen LogP contribution in [0.3, 0.4) is 0 Å². The molecule has 0 aliphatic rings. The van der Waals surface area contributed by atoms with Gasteiger partial charge in [-0.05, 0) is 61.2 Å². The zero-order chi connectivity index (χ0) is 25.9. The number of benzene rings is 3. The van der Waals surface area contributed by atoms with E-state index in [1.54, 1.807) is 41.3 Å². The molecule has 3 rings (SSSR count). The van der Waals surface area contributed by atoms with Crippen LogP contribution >= 0.6 is 11.6 Å². The van der Waals surface area contributed by atoms with Crippen molar-refractivity contribution in [1.82, 2.24) is 10.2 Å². The zero-order valence-corrected chi connectivity index (χ0v) is 21.4. The number of ether oxygens (including phenoxy) is 1. The minimum atomic E-state index is -0.859. The van der Waals surface area contributed by atoms with E-state index >= 15 is 0 Å². The first-order chi connectivity index (χ1) is 17.3. The second-order valence-corrected chi connectivity index (χ2v) is 9.27. The summed E-state index contributed by atoms with van der Waals surface area (Å²) in [4.78, 5) is 28.7. The van der Waals surface area contributed by atoms with Crippen LogP contribution in [0.5, 0.6) is 0 Å². The van der Waals surface area contributed by atoms with E-state index in [2.05, 4.69) is 5.32 Å². The van der Waals surface area contributed by atoms with Gasteiger partial charge in [0.05, 0.1) is 12.5 Å². The molecule has 0 radical (unpaired) electrons. The van der Waals surface area contributed by atoms with E-state index in [4.69, 9.17) is 16.3 Å². The Kier molecular flexibility index (Phi) is 10.5. The Hall–Kier alpha value is -3.22. The van der Waals surface area contributed by atoms with Gasteiger partial charge in [-0.1, -0.05) is 66.2 Å². The molecule has 5 nitrogen and oxygen atoms in total. The highest BCUT2D eigenvalue weighted by atomic mass is 35.5. The van der Waals surface area contributed by atoms with E-state index in [1.165, 1.54) is 12.1 Å². The number of hydrogen-bond acceptors (Lipinski definition) is 3. The predicted octanol–water partition coefficient (Wildman–Crippen LogP) is 5.72.